The Morgan fingerprint density at radius 1 is 0.514 bits per heavy atom. The Hall–Kier alpha value is -7.02. The maximum absolute atomic E-state index is 7.78. The first kappa shape index (κ1) is 43.7. The topological polar surface area (TPSA) is 32.8 Å². The zero-order valence-corrected chi connectivity index (χ0v) is 43.9. The Kier molecular flexibility index (Phi) is 8.99. The molecule has 3 aromatic heterocycles. The van der Waals surface area contributed by atoms with Crippen molar-refractivity contribution in [2.75, 3.05) is 9.71 Å². The van der Waals surface area contributed by atoms with Gasteiger partial charge in [-0.25, -0.2) is 0 Å². The number of para-hydroxylation sites is 1. The average molecular weight is 955 g/mol. The van der Waals surface area contributed by atoms with E-state index in [9.17, 15) is 0 Å². The molecule has 8 aromatic carbocycles. The van der Waals surface area contributed by atoms with Crippen molar-refractivity contribution < 1.29 is 8.83 Å². The molecule has 0 saturated carbocycles. The predicted octanol–water partition coefficient (Wildman–Crippen LogP) is 18.0. The summed E-state index contributed by atoms with van der Waals surface area (Å²) >= 11 is 1.87. The van der Waals surface area contributed by atoms with Gasteiger partial charge in [-0.05, 0) is 135 Å². The van der Waals surface area contributed by atoms with Gasteiger partial charge in [-0.15, -0.1) is 11.3 Å². The number of nitrogens with zero attached hydrogens (tertiary/aromatic N) is 2. The second-order valence-corrected chi connectivity index (χ2v) is 25.4. The fourth-order valence-electron chi connectivity index (χ4n) is 12.7. The molecule has 0 spiro atoms. The Bertz CT molecular complexity index is 4080. The lowest BCUT2D eigenvalue weighted by atomic mass is 9.45. The Morgan fingerprint density at radius 2 is 1.18 bits per heavy atom. The molecule has 354 valence electrons. The summed E-state index contributed by atoms with van der Waals surface area (Å²) in [5.74, 6) is 0. The largest absolute Gasteiger partial charge is 0.466 e. The molecule has 3 aliphatic rings. The van der Waals surface area contributed by atoms with Gasteiger partial charge in [-0.3, -0.25) is 0 Å². The highest BCUT2D eigenvalue weighted by Gasteiger charge is 2.51. The second-order valence-electron chi connectivity index (χ2n) is 24.4. The quantitative estimate of drug-likeness (QED) is 0.165. The summed E-state index contributed by atoms with van der Waals surface area (Å²) < 4.78 is 17.6. The van der Waals surface area contributed by atoms with Crippen molar-refractivity contribution >= 4 is 111 Å². The van der Waals surface area contributed by atoms with E-state index in [1.807, 2.05) is 11.3 Å². The van der Waals surface area contributed by atoms with Gasteiger partial charge in [0.1, 0.15) is 22.4 Å². The molecule has 4 nitrogen and oxygen atoms in total. The van der Waals surface area contributed by atoms with Gasteiger partial charge in [0.15, 0.2) is 0 Å². The summed E-state index contributed by atoms with van der Waals surface area (Å²) in [6.45, 7) is 23.2. The van der Waals surface area contributed by atoms with Crippen LogP contribution in [0.25, 0.3) is 75.3 Å². The van der Waals surface area contributed by atoms with Crippen molar-refractivity contribution in [1.29, 1.82) is 0 Å². The standard InChI is InChI=1S/C66H59BN2O2S/c1-63(2,3)39-24-27-41(28-25-39)69-52-37-57-45(43-21-15-17-23-56(43)72-57)33-47(52)58-59-53(35-46-42-20-14-16-22-54(42)70-61(46)58)68(51-29-26-40(64(4,5)6)32-44(51)38-18-12-11-13-19-38)60-48-34-49-50(36-55(48)71-62(60)67(59)69)66(9,10)31-30-65(49,7)8/h11-29,32-37H,30-31H2,1-10H3. The lowest BCUT2D eigenvalue weighted by molar-refractivity contribution is 0.332. The van der Waals surface area contributed by atoms with Crippen LogP contribution in [0.1, 0.15) is 104 Å². The number of benzene rings is 8. The number of furan rings is 2. The zero-order valence-electron chi connectivity index (χ0n) is 43.0. The highest BCUT2D eigenvalue weighted by Crippen LogP contribution is 2.56. The van der Waals surface area contributed by atoms with Crippen LogP contribution in [0.5, 0.6) is 0 Å². The van der Waals surface area contributed by atoms with Crippen LogP contribution in [0.4, 0.5) is 28.4 Å². The smallest absolute Gasteiger partial charge is 0.376 e. The van der Waals surface area contributed by atoms with Gasteiger partial charge in [-0.2, -0.15) is 0 Å². The summed E-state index contributed by atoms with van der Waals surface area (Å²) in [7, 11) is 0. The van der Waals surface area contributed by atoms with Gasteiger partial charge >= 0.3 is 6.85 Å². The minimum absolute atomic E-state index is 0.00278. The van der Waals surface area contributed by atoms with Crippen LogP contribution >= 0.6 is 11.3 Å². The number of hydrogen-bond donors (Lipinski definition) is 0. The molecule has 11 aromatic rings. The number of fused-ring (bicyclic) bond motifs is 14. The van der Waals surface area contributed by atoms with Crippen LogP contribution in [-0.2, 0) is 21.7 Å². The van der Waals surface area contributed by atoms with Crippen LogP contribution in [0.3, 0.4) is 0 Å². The van der Waals surface area contributed by atoms with Crippen LogP contribution in [0.2, 0.25) is 0 Å². The highest BCUT2D eigenvalue weighted by molar-refractivity contribution is 7.25. The SMILES string of the molecule is CC(C)(C)c1ccc(N2B3c4oc5cc6c(cc5c4N(c4ccc(C(C)(C)C)cc4-c4ccccc4)c4cc5c(oc7ccccc75)c(c43)-c3cc4c(cc32)sc2ccccc24)C(C)(C)CCC6(C)C)cc1. The van der Waals surface area contributed by atoms with Crippen molar-refractivity contribution in [3.8, 4) is 22.3 Å². The van der Waals surface area contributed by atoms with Crippen molar-refractivity contribution in [1.82, 2.24) is 0 Å². The molecule has 2 aliphatic heterocycles. The third kappa shape index (κ3) is 6.24. The van der Waals surface area contributed by atoms with E-state index >= 15 is 0 Å². The summed E-state index contributed by atoms with van der Waals surface area (Å²) in [5, 5.41) is 5.90. The molecular weight excluding hydrogens is 896 g/mol. The fourth-order valence-corrected chi connectivity index (χ4v) is 13.8. The predicted molar refractivity (Wildman–Crippen MR) is 308 cm³/mol. The summed E-state index contributed by atoms with van der Waals surface area (Å²) in [6.07, 6.45) is 2.24. The monoisotopic (exact) mass is 954 g/mol. The number of thiophene rings is 1. The molecule has 0 N–H and O–H groups in total. The molecule has 0 atom stereocenters. The van der Waals surface area contributed by atoms with E-state index in [0.717, 1.165) is 91.0 Å². The molecule has 6 heteroatoms. The van der Waals surface area contributed by atoms with Crippen molar-refractivity contribution in [3.63, 3.8) is 0 Å². The van der Waals surface area contributed by atoms with Crippen molar-refractivity contribution in [2.24, 2.45) is 0 Å². The number of anilines is 5. The van der Waals surface area contributed by atoms with E-state index in [0.29, 0.717) is 0 Å². The molecule has 72 heavy (non-hydrogen) atoms. The Morgan fingerprint density at radius 3 is 1.92 bits per heavy atom. The summed E-state index contributed by atoms with van der Waals surface area (Å²) in [6, 6.07) is 57.4. The average Bonchev–Trinajstić information content (AvgIpc) is 4.05. The third-order valence-corrected chi connectivity index (χ3v) is 18.0. The van der Waals surface area contributed by atoms with Gasteiger partial charge in [0.2, 0.25) is 0 Å². The van der Waals surface area contributed by atoms with Crippen LogP contribution < -0.4 is 20.8 Å². The van der Waals surface area contributed by atoms with E-state index in [1.54, 1.807) is 0 Å². The lowest BCUT2D eigenvalue weighted by Gasteiger charge is -2.44. The number of rotatable bonds is 3. The fraction of sp³-hybridized carbons (Fsp3) is 0.242. The maximum Gasteiger partial charge on any atom is 0.376 e. The highest BCUT2D eigenvalue weighted by atomic mass is 32.1. The van der Waals surface area contributed by atoms with Crippen LogP contribution in [-0.4, -0.2) is 6.85 Å². The van der Waals surface area contributed by atoms with E-state index in [4.69, 9.17) is 8.83 Å². The van der Waals surface area contributed by atoms with Crippen LogP contribution in [0.15, 0.2) is 160 Å². The molecular formula is C66H59BN2O2S. The molecule has 1 aliphatic carbocycles. The van der Waals surface area contributed by atoms with Gasteiger partial charge in [0, 0.05) is 70.1 Å². The first-order valence-corrected chi connectivity index (χ1v) is 26.7. The van der Waals surface area contributed by atoms with Gasteiger partial charge < -0.3 is 18.5 Å². The molecule has 5 heterocycles. The Balaban J connectivity index is 1.19. The molecule has 0 saturated heterocycles. The van der Waals surface area contributed by atoms with E-state index in [-0.39, 0.29) is 28.5 Å². The van der Waals surface area contributed by atoms with E-state index in [1.165, 1.54) is 59.0 Å². The van der Waals surface area contributed by atoms with Gasteiger partial charge in [0.05, 0.1) is 11.4 Å². The van der Waals surface area contributed by atoms with Crippen molar-refractivity contribution in [2.45, 2.75) is 104 Å². The van der Waals surface area contributed by atoms with E-state index in [2.05, 4.69) is 231 Å². The normalized spacial score (nSPS) is 15.9. The summed E-state index contributed by atoms with van der Waals surface area (Å²) in [4.78, 5) is 5.21. The number of hydrogen-bond acceptors (Lipinski definition) is 5. The lowest BCUT2D eigenvalue weighted by Crippen LogP contribution is -2.61. The second kappa shape index (κ2) is 14.8. The maximum atomic E-state index is 7.78. The molecule has 0 radical (unpaired) electrons. The molecule has 0 unspecified atom stereocenters. The zero-order chi connectivity index (χ0) is 49.4. The Labute approximate surface area is 427 Å². The first-order valence-electron chi connectivity index (χ1n) is 25.9. The van der Waals surface area contributed by atoms with Crippen molar-refractivity contribution in [3.05, 3.63) is 174 Å². The molecule has 0 amide bonds. The minimum atomic E-state index is -0.349. The van der Waals surface area contributed by atoms with Crippen LogP contribution in [0, 0.1) is 0 Å². The van der Waals surface area contributed by atoms with E-state index < -0.39 is 0 Å². The third-order valence-electron chi connectivity index (χ3n) is 16.8. The molecule has 0 fully saturated rings. The van der Waals surface area contributed by atoms with Gasteiger partial charge in [-0.1, -0.05) is 154 Å². The molecule has 0 bridgehead atoms. The first-order chi connectivity index (χ1) is 34.4. The molecule has 14 rings (SSSR count). The van der Waals surface area contributed by atoms with Gasteiger partial charge in [0.25, 0.3) is 0 Å². The summed E-state index contributed by atoms with van der Waals surface area (Å²) in [5.41, 5.74) is 20.4. The minimum Gasteiger partial charge on any atom is -0.466 e.